The number of carbonyl (C=O) groups is 2. The van der Waals surface area contributed by atoms with E-state index in [9.17, 15) is 9.59 Å². The fourth-order valence-electron chi connectivity index (χ4n) is 4.85. The van der Waals surface area contributed by atoms with Crippen molar-refractivity contribution in [2.45, 2.75) is 19.3 Å². The van der Waals surface area contributed by atoms with Crippen LogP contribution in [0, 0.1) is 17.2 Å². The molecule has 0 aliphatic carbocycles. The molecular weight excluding hydrogens is 444 g/mol. The molecule has 1 atom stereocenters. The van der Waals surface area contributed by atoms with Gasteiger partial charge >= 0.3 is 0 Å². The number of anilines is 1. The summed E-state index contributed by atoms with van der Waals surface area (Å²) in [6.45, 7) is 3.97. The van der Waals surface area contributed by atoms with Crippen molar-refractivity contribution in [3.63, 3.8) is 0 Å². The molecule has 8 heteroatoms. The maximum absolute atomic E-state index is 13.3. The number of hydrogen-bond acceptors (Lipinski definition) is 6. The van der Waals surface area contributed by atoms with Crippen LogP contribution < -0.4 is 14.4 Å². The molecule has 0 N–H and O–H groups in total. The van der Waals surface area contributed by atoms with Gasteiger partial charge in [0, 0.05) is 51.4 Å². The lowest BCUT2D eigenvalue weighted by molar-refractivity contribution is -0.135. The topological polar surface area (TPSA) is 86.1 Å². The van der Waals surface area contributed by atoms with E-state index in [2.05, 4.69) is 11.0 Å². The normalized spacial score (nSPS) is 18.3. The van der Waals surface area contributed by atoms with Crippen LogP contribution in [-0.4, -0.2) is 75.1 Å². The van der Waals surface area contributed by atoms with Gasteiger partial charge in [0.25, 0.3) is 0 Å². The van der Waals surface area contributed by atoms with Gasteiger partial charge in [0.2, 0.25) is 11.8 Å². The molecule has 2 aliphatic heterocycles. The molecule has 0 spiro atoms. The molecule has 2 aliphatic rings. The van der Waals surface area contributed by atoms with Crippen molar-refractivity contribution in [1.29, 1.82) is 5.26 Å². The van der Waals surface area contributed by atoms with Crippen LogP contribution in [0.2, 0.25) is 0 Å². The Morgan fingerprint density at radius 1 is 1.03 bits per heavy atom. The number of ether oxygens (including phenoxy) is 2. The fraction of sp³-hybridized carbons (Fsp3) is 0.444. The van der Waals surface area contributed by atoms with E-state index in [-0.39, 0.29) is 24.2 Å². The van der Waals surface area contributed by atoms with Crippen LogP contribution in [0.1, 0.15) is 24.0 Å². The molecule has 2 aromatic rings. The summed E-state index contributed by atoms with van der Waals surface area (Å²) in [5, 5.41) is 9.01. The molecule has 0 radical (unpaired) electrons. The number of likely N-dealkylation sites (tertiary alicyclic amines) is 1. The Morgan fingerprint density at radius 2 is 1.80 bits per heavy atom. The van der Waals surface area contributed by atoms with Crippen molar-refractivity contribution in [2.24, 2.45) is 5.92 Å². The lowest BCUT2D eigenvalue weighted by atomic mass is 10.1. The molecule has 0 saturated carbocycles. The minimum atomic E-state index is -0.283. The summed E-state index contributed by atoms with van der Waals surface area (Å²) in [5.41, 5.74) is 2.76. The lowest BCUT2D eigenvalue weighted by Crippen LogP contribution is -2.40. The summed E-state index contributed by atoms with van der Waals surface area (Å²) < 4.78 is 10.7. The maximum Gasteiger partial charge on any atom is 0.228 e. The molecule has 2 amide bonds. The first-order valence-electron chi connectivity index (χ1n) is 12.0. The van der Waals surface area contributed by atoms with E-state index in [1.807, 2.05) is 47.4 Å². The summed E-state index contributed by atoms with van der Waals surface area (Å²) in [4.78, 5) is 31.9. The van der Waals surface area contributed by atoms with Crippen molar-refractivity contribution >= 4 is 17.5 Å². The van der Waals surface area contributed by atoms with Gasteiger partial charge in [0.1, 0.15) is 0 Å². The summed E-state index contributed by atoms with van der Waals surface area (Å²) >= 11 is 0. The second kappa shape index (κ2) is 11.1. The second-order valence-corrected chi connectivity index (χ2v) is 9.00. The number of rotatable bonds is 7. The Morgan fingerprint density at radius 3 is 2.51 bits per heavy atom. The van der Waals surface area contributed by atoms with E-state index < -0.39 is 0 Å². The largest absolute Gasteiger partial charge is 0.493 e. The number of carbonyl (C=O) groups excluding carboxylic acids is 2. The van der Waals surface area contributed by atoms with E-state index in [1.54, 1.807) is 19.1 Å². The Bertz CT molecular complexity index is 1100. The van der Waals surface area contributed by atoms with Crippen molar-refractivity contribution in [3.05, 3.63) is 53.6 Å². The average Bonchev–Trinajstić information content (AvgIpc) is 3.10. The quantitative estimate of drug-likeness (QED) is 0.611. The highest BCUT2D eigenvalue weighted by atomic mass is 16.5. The molecule has 1 unspecified atom stereocenters. The summed E-state index contributed by atoms with van der Waals surface area (Å²) in [7, 11) is 3.21. The van der Waals surface area contributed by atoms with E-state index >= 15 is 0 Å². The SMILES string of the molecule is COc1ccc(CCN2CC(C(=O)N3CCCN(c4ccc(C#N)cc4)CC3)CC2=O)cc1OC. The number of hydrogen-bond donors (Lipinski definition) is 0. The van der Waals surface area contributed by atoms with Crippen molar-refractivity contribution < 1.29 is 19.1 Å². The van der Waals surface area contributed by atoms with Gasteiger partial charge in [-0.05, 0) is 54.8 Å². The summed E-state index contributed by atoms with van der Waals surface area (Å²) in [6, 6.07) is 15.5. The Balaban J connectivity index is 1.31. The highest BCUT2D eigenvalue weighted by molar-refractivity contribution is 5.89. The predicted molar refractivity (Wildman–Crippen MR) is 133 cm³/mol. The van der Waals surface area contributed by atoms with Crippen LogP contribution in [-0.2, 0) is 16.0 Å². The van der Waals surface area contributed by atoms with Crippen LogP contribution in [0.4, 0.5) is 5.69 Å². The van der Waals surface area contributed by atoms with Crippen molar-refractivity contribution in [3.8, 4) is 17.6 Å². The Labute approximate surface area is 206 Å². The highest BCUT2D eigenvalue weighted by Gasteiger charge is 2.36. The monoisotopic (exact) mass is 476 g/mol. The first kappa shape index (κ1) is 24.4. The predicted octanol–water partition coefficient (Wildman–Crippen LogP) is 2.71. The molecule has 184 valence electrons. The van der Waals surface area contributed by atoms with Crippen LogP contribution in [0.5, 0.6) is 11.5 Å². The maximum atomic E-state index is 13.3. The molecule has 4 rings (SSSR count). The van der Waals surface area contributed by atoms with Gasteiger partial charge in [-0.25, -0.2) is 0 Å². The molecule has 35 heavy (non-hydrogen) atoms. The minimum absolute atomic E-state index is 0.0397. The Kier molecular flexibility index (Phi) is 7.76. The van der Waals surface area contributed by atoms with Gasteiger partial charge in [-0.15, -0.1) is 0 Å². The summed E-state index contributed by atoms with van der Waals surface area (Å²) in [6.07, 6.45) is 1.84. The average molecular weight is 477 g/mol. The second-order valence-electron chi connectivity index (χ2n) is 9.00. The molecule has 2 fully saturated rings. The van der Waals surface area contributed by atoms with Gasteiger partial charge in [0.05, 0.1) is 31.8 Å². The number of amides is 2. The van der Waals surface area contributed by atoms with Gasteiger partial charge in [-0.2, -0.15) is 5.26 Å². The Hall–Kier alpha value is -3.73. The van der Waals surface area contributed by atoms with Gasteiger partial charge in [-0.3, -0.25) is 9.59 Å². The number of nitrogens with zero attached hydrogens (tertiary/aromatic N) is 4. The zero-order chi connectivity index (χ0) is 24.8. The van der Waals surface area contributed by atoms with E-state index in [0.29, 0.717) is 49.7 Å². The summed E-state index contributed by atoms with van der Waals surface area (Å²) in [5.74, 6) is 1.18. The number of methoxy groups -OCH3 is 2. The zero-order valence-corrected chi connectivity index (χ0v) is 20.4. The van der Waals surface area contributed by atoms with Gasteiger partial charge < -0.3 is 24.2 Å². The third kappa shape index (κ3) is 5.68. The van der Waals surface area contributed by atoms with Gasteiger partial charge in [0.15, 0.2) is 11.5 Å². The molecule has 2 aromatic carbocycles. The minimum Gasteiger partial charge on any atom is -0.493 e. The van der Waals surface area contributed by atoms with Crippen molar-refractivity contribution in [2.75, 3.05) is 58.4 Å². The molecule has 0 bridgehead atoms. The lowest BCUT2D eigenvalue weighted by Gasteiger charge is -2.25. The first-order chi connectivity index (χ1) is 17.0. The molecule has 2 saturated heterocycles. The first-order valence-corrected chi connectivity index (χ1v) is 12.0. The van der Waals surface area contributed by atoms with Crippen LogP contribution in [0.25, 0.3) is 0 Å². The van der Waals surface area contributed by atoms with E-state index in [1.165, 1.54) is 0 Å². The van der Waals surface area contributed by atoms with Crippen LogP contribution in [0.3, 0.4) is 0 Å². The number of benzene rings is 2. The highest BCUT2D eigenvalue weighted by Crippen LogP contribution is 2.28. The number of nitriles is 1. The third-order valence-electron chi connectivity index (χ3n) is 6.85. The molecule has 8 nitrogen and oxygen atoms in total. The van der Waals surface area contributed by atoms with Crippen molar-refractivity contribution in [1.82, 2.24) is 9.80 Å². The molecule has 2 heterocycles. The zero-order valence-electron chi connectivity index (χ0n) is 20.4. The third-order valence-corrected chi connectivity index (χ3v) is 6.85. The van der Waals surface area contributed by atoms with E-state index in [4.69, 9.17) is 14.7 Å². The molecule has 0 aromatic heterocycles. The molecular formula is C27H32N4O4. The van der Waals surface area contributed by atoms with Crippen LogP contribution >= 0.6 is 0 Å². The fourth-order valence-corrected chi connectivity index (χ4v) is 4.85. The standard InChI is InChI=1S/C27H32N4O4/c1-34-24-9-6-20(16-25(24)35-2)10-13-31-19-22(17-26(31)32)27(33)30-12-3-11-29(14-15-30)23-7-4-21(18-28)5-8-23/h4-9,16,22H,3,10-15,17,19H2,1-2H3. The smallest absolute Gasteiger partial charge is 0.228 e. The van der Waals surface area contributed by atoms with Crippen LogP contribution in [0.15, 0.2) is 42.5 Å². The van der Waals surface area contributed by atoms with Gasteiger partial charge in [-0.1, -0.05) is 6.07 Å². The van der Waals surface area contributed by atoms with E-state index in [0.717, 1.165) is 30.8 Å².